The number of halogens is 4. The molecule has 1 N–H and O–H groups in total. The molecule has 0 radical (unpaired) electrons. The normalized spacial score (nSPS) is 10.8. The first kappa shape index (κ1) is 14.7. The van der Waals surface area contributed by atoms with Crippen LogP contribution >= 0.6 is 0 Å². The van der Waals surface area contributed by atoms with Crippen molar-refractivity contribution in [2.75, 3.05) is 5.32 Å². The summed E-state index contributed by atoms with van der Waals surface area (Å²) in [6.07, 6.45) is -4.76. The van der Waals surface area contributed by atoms with Gasteiger partial charge in [-0.1, -0.05) is 0 Å². The van der Waals surface area contributed by atoms with E-state index in [2.05, 4.69) is 10.1 Å². The van der Waals surface area contributed by atoms with Crippen LogP contribution in [0.15, 0.2) is 42.5 Å². The van der Waals surface area contributed by atoms with Crippen molar-refractivity contribution in [3.05, 3.63) is 53.8 Å². The number of anilines is 2. The Morgan fingerprint density at radius 2 is 1.71 bits per heavy atom. The van der Waals surface area contributed by atoms with Crippen LogP contribution in [-0.2, 0) is 0 Å². The highest BCUT2D eigenvalue weighted by Crippen LogP contribution is 2.26. The zero-order chi connectivity index (χ0) is 15.5. The minimum absolute atomic E-state index is 0.110. The summed E-state index contributed by atoms with van der Waals surface area (Å²) >= 11 is 0. The van der Waals surface area contributed by atoms with Gasteiger partial charge < -0.3 is 10.1 Å². The van der Waals surface area contributed by atoms with Gasteiger partial charge in [-0.25, -0.2) is 4.39 Å². The summed E-state index contributed by atoms with van der Waals surface area (Å²) in [4.78, 5) is 0. The number of nitrogens with one attached hydrogen (secondary N) is 1. The number of hydrogen-bond donors (Lipinski definition) is 1. The summed E-state index contributed by atoms with van der Waals surface area (Å²) in [6, 6.07) is 10.5. The van der Waals surface area contributed by atoms with E-state index in [1.54, 1.807) is 6.07 Å². The van der Waals surface area contributed by atoms with Gasteiger partial charge in [0.05, 0.1) is 17.3 Å². The molecule has 0 atom stereocenters. The molecule has 7 heteroatoms. The van der Waals surface area contributed by atoms with Crippen LogP contribution in [0.3, 0.4) is 0 Å². The van der Waals surface area contributed by atoms with Crippen LogP contribution in [0.4, 0.5) is 28.9 Å². The predicted molar refractivity (Wildman–Crippen MR) is 67.5 cm³/mol. The molecule has 0 aromatic heterocycles. The Morgan fingerprint density at radius 3 is 2.24 bits per heavy atom. The Hall–Kier alpha value is -2.75. The lowest BCUT2D eigenvalue weighted by atomic mass is 10.2. The van der Waals surface area contributed by atoms with E-state index in [0.717, 1.165) is 18.2 Å². The fourth-order valence-electron chi connectivity index (χ4n) is 1.58. The number of nitrogens with zero attached hydrogens (tertiary/aromatic N) is 1. The summed E-state index contributed by atoms with van der Waals surface area (Å²) < 4.78 is 53.4. The van der Waals surface area contributed by atoms with E-state index in [0.29, 0.717) is 5.69 Å². The van der Waals surface area contributed by atoms with Gasteiger partial charge in [0.25, 0.3) is 0 Å². The van der Waals surface area contributed by atoms with Crippen LogP contribution in [0.2, 0.25) is 0 Å². The number of nitriles is 1. The fraction of sp³-hybridized carbons (Fsp3) is 0.0714. The Morgan fingerprint density at radius 1 is 1.05 bits per heavy atom. The second-order valence-corrected chi connectivity index (χ2v) is 4.00. The van der Waals surface area contributed by atoms with E-state index in [1.165, 1.54) is 24.3 Å². The Kier molecular flexibility index (Phi) is 3.98. The minimum atomic E-state index is -4.76. The van der Waals surface area contributed by atoms with E-state index in [9.17, 15) is 17.6 Å². The molecule has 2 aromatic carbocycles. The van der Waals surface area contributed by atoms with Crippen LogP contribution in [0.25, 0.3) is 0 Å². The molecular formula is C14H8F4N2O. The van der Waals surface area contributed by atoms with Crippen molar-refractivity contribution < 1.29 is 22.3 Å². The molecular weight excluding hydrogens is 288 g/mol. The van der Waals surface area contributed by atoms with Crippen LogP contribution in [0.1, 0.15) is 5.56 Å². The molecule has 0 heterocycles. The standard InChI is InChI=1S/C14H8F4N2O/c15-12-7-9(8-19)1-6-13(12)20-10-2-4-11(5-3-10)21-14(16,17)18/h1-7,20H. The monoisotopic (exact) mass is 296 g/mol. The number of hydrogen-bond acceptors (Lipinski definition) is 3. The van der Waals surface area contributed by atoms with Gasteiger partial charge in [-0.05, 0) is 42.5 Å². The van der Waals surface area contributed by atoms with Gasteiger partial charge in [0.2, 0.25) is 0 Å². The van der Waals surface area contributed by atoms with Crippen molar-refractivity contribution in [3.63, 3.8) is 0 Å². The molecule has 108 valence electrons. The van der Waals surface area contributed by atoms with Gasteiger partial charge >= 0.3 is 6.36 Å². The third kappa shape index (κ3) is 4.11. The zero-order valence-corrected chi connectivity index (χ0v) is 10.4. The van der Waals surface area contributed by atoms with Crippen LogP contribution in [0.5, 0.6) is 5.75 Å². The molecule has 0 unspecified atom stereocenters. The fourth-order valence-corrected chi connectivity index (χ4v) is 1.58. The van der Waals surface area contributed by atoms with Gasteiger partial charge in [0, 0.05) is 5.69 Å². The molecule has 3 nitrogen and oxygen atoms in total. The van der Waals surface area contributed by atoms with Crippen molar-refractivity contribution in [2.45, 2.75) is 6.36 Å². The highest BCUT2D eigenvalue weighted by atomic mass is 19.4. The Bertz CT molecular complexity index is 675. The molecule has 0 saturated carbocycles. The molecule has 0 fully saturated rings. The summed E-state index contributed by atoms with van der Waals surface area (Å²) in [5.74, 6) is -1.00. The van der Waals surface area contributed by atoms with Crippen molar-refractivity contribution in [1.29, 1.82) is 5.26 Å². The summed E-state index contributed by atoms with van der Waals surface area (Å²) in [5, 5.41) is 11.3. The first-order chi connectivity index (χ1) is 9.87. The second-order valence-electron chi connectivity index (χ2n) is 4.00. The number of benzene rings is 2. The number of rotatable bonds is 3. The molecule has 0 amide bonds. The van der Waals surface area contributed by atoms with Gasteiger partial charge in [0.15, 0.2) is 0 Å². The highest BCUT2D eigenvalue weighted by Gasteiger charge is 2.30. The third-order valence-electron chi connectivity index (χ3n) is 2.47. The molecule has 0 saturated heterocycles. The van der Waals surface area contributed by atoms with Gasteiger partial charge in [-0.15, -0.1) is 13.2 Å². The first-order valence-electron chi connectivity index (χ1n) is 5.70. The molecule has 0 spiro atoms. The van der Waals surface area contributed by atoms with E-state index >= 15 is 0 Å². The predicted octanol–water partition coefficient (Wildman–Crippen LogP) is 4.34. The average Bonchev–Trinajstić information content (AvgIpc) is 2.41. The first-order valence-corrected chi connectivity index (χ1v) is 5.70. The van der Waals surface area contributed by atoms with E-state index in [4.69, 9.17) is 5.26 Å². The molecule has 2 rings (SSSR count). The Balaban J connectivity index is 2.12. The third-order valence-corrected chi connectivity index (χ3v) is 2.47. The lowest BCUT2D eigenvalue weighted by Gasteiger charge is -2.11. The van der Waals surface area contributed by atoms with Crippen molar-refractivity contribution in [2.24, 2.45) is 0 Å². The van der Waals surface area contributed by atoms with E-state index in [1.807, 2.05) is 0 Å². The number of alkyl halides is 3. The number of ether oxygens (including phenoxy) is 1. The lowest BCUT2D eigenvalue weighted by molar-refractivity contribution is -0.274. The molecule has 0 aliphatic carbocycles. The largest absolute Gasteiger partial charge is 0.573 e. The van der Waals surface area contributed by atoms with E-state index in [-0.39, 0.29) is 17.0 Å². The van der Waals surface area contributed by atoms with Crippen molar-refractivity contribution in [1.82, 2.24) is 0 Å². The molecule has 0 aliphatic heterocycles. The molecule has 21 heavy (non-hydrogen) atoms. The van der Waals surface area contributed by atoms with Crippen molar-refractivity contribution in [3.8, 4) is 11.8 Å². The lowest BCUT2D eigenvalue weighted by Crippen LogP contribution is -2.16. The van der Waals surface area contributed by atoms with Crippen LogP contribution in [0, 0.1) is 17.1 Å². The summed E-state index contributed by atoms with van der Waals surface area (Å²) in [6.45, 7) is 0. The van der Waals surface area contributed by atoms with Crippen molar-refractivity contribution >= 4 is 11.4 Å². The summed E-state index contributed by atoms with van der Waals surface area (Å²) in [5.41, 5.74) is 0.665. The zero-order valence-electron chi connectivity index (χ0n) is 10.4. The topological polar surface area (TPSA) is 45.0 Å². The van der Waals surface area contributed by atoms with Crippen LogP contribution < -0.4 is 10.1 Å². The minimum Gasteiger partial charge on any atom is -0.406 e. The summed E-state index contributed by atoms with van der Waals surface area (Å²) in [7, 11) is 0. The maximum absolute atomic E-state index is 13.6. The average molecular weight is 296 g/mol. The SMILES string of the molecule is N#Cc1ccc(Nc2ccc(OC(F)(F)F)cc2)c(F)c1. The Labute approximate surface area is 117 Å². The van der Waals surface area contributed by atoms with Gasteiger partial charge in [-0.2, -0.15) is 5.26 Å². The molecule has 0 bridgehead atoms. The smallest absolute Gasteiger partial charge is 0.406 e. The maximum atomic E-state index is 13.6. The highest BCUT2D eigenvalue weighted by molar-refractivity contribution is 5.61. The maximum Gasteiger partial charge on any atom is 0.573 e. The molecule has 2 aromatic rings. The van der Waals surface area contributed by atoms with Gasteiger partial charge in [-0.3, -0.25) is 0 Å². The van der Waals surface area contributed by atoms with Gasteiger partial charge in [0.1, 0.15) is 11.6 Å². The quantitative estimate of drug-likeness (QED) is 0.857. The van der Waals surface area contributed by atoms with Crippen LogP contribution in [-0.4, -0.2) is 6.36 Å². The second kappa shape index (κ2) is 5.71. The van der Waals surface area contributed by atoms with E-state index < -0.39 is 12.2 Å². The molecule has 0 aliphatic rings.